The standard InChI is InChI=1S/C17H24N4O2S/c1-11-7-13(19-16(23)17(2,3)4)24-14(11)15(22)20(5)9-12-8-18-21(6)10-12/h7-8,10H,9H2,1-6H3,(H,19,23). The molecule has 2 amide bonds. The van der Waals surface area contributed by atoms with Crippen LogP contribution in [0.25, 0.3) is 0 Å². The van der Waals surface area contributed by atoms with Crippen LogP contribution >= 0.6 is 11.3 Å². The molecule has 2 aromatic rings. The predicted molar refractivity (Wildman–Crippen MR) is 96.1 cm³/mol. The lowest BCUT2D eigenvalue weighted by atomic mass is 9.96. The van der Waals surface area contributed by atoms with Gasteiger partial charge in [0.2, 0.25) is 5.91 Å². The van der Waals surface area contributed by atoms with Crippen molar-refractivity contribution in [2.45, 2.75) is 34.2 Å². The average Bonchev–Trinajstić information content (AvgIpc) is 3.03. The van der Waals surface area contributed by atoms with Gasteiger partial charge in [-0.1, -0.05) is 20.8 Å². The van der Waals surface area contributed by atoms with Crippen molar-refractivity contribution in [2.75, 3.05) is 12.4 Å². The highest BCUT2D eigenvalue weighted by Crippen LogP contribution is 2.29. The van der Waals surface area contributed by atoms with Crippen molar-refractivity contribution in [3.8, 4) is 0 Å². The lowest BCUT2D eigenvalue weighted by Gasteiger charge is -2.17. The second-order valence-electron chi connectivity index (χ2n) is 7.01. The second-order valence-corrected chi connectivity index (χ2v) is 8.06. The molecule has 0 fully saturated rings. The molecule has 0 unspecified atom stereocenters. The molecule has 2 rings (SSSR count). The maximum absolute atomic E-state index is 12.7. The summed E-state index contributed by atoms with van der Waals surface area (Å²) in [5.74, 6) is -0.121. The summed E-state index contributed by atoms with van der Waals surface area (Å²) >= 11 is 1.31. The molecule has 0 aromatic carbocycles. The van der Waals surface area contributed by atoms with E-state index < -0.39 is 5.41 Å². The molecule has 130 valence electrons. The molecule has 1 N–H and O–H groups in total. The van der Waals surface area contributed by atoms with Crippen LogP contribution in [0.2, 0.25) is 0 Å². The molecular formula is C17H24N4O2S. The van der Waals surface area contributed by atoms with Crippen LogP contribution in [0.1, 0.15) is 41.6 Å². The topological polar surface area (TPSA) is 67.2 Å². The normalized spacial score (nSPS) is 11.4. The number of nitrogens with zero attached hydrogens (tertiary/aromatic N) is 3. The van der Waals surface area contributed by atoms with E-state index in [2.05, 4.69) is 10.4 Å². The number of hydrogen-bond donors (Lipinski definition) is 1. The van der Waals surface area contributed by atoms with Crippen LogP contribution in [-0.4, -0.2) is 33.5 Å². The summed E-state index contributed by atoms with van der Waals surface area (Å²) in [5.41, 5.74) is 1.37. The molecule has 24 heavy (non-hydrogen) atoms. The number of aromatic nitrogens is 2. The van der Waals surface area contributed by atoms with Gasteiger partial charge in [-0.3, -0.25) is 14.3 Å². The zero-order valence-corrected chi connectivity index (χ0v) is 15.8. The third-order valence-corrected chi connectivity index (χ3v) is 4.70. The Morgan fingerprint density at radius 2 is 2.04 bits per heavy atom. The van der Waals surface area contributed by atoms with E-state index in [1.54, 1.807) is 22.8 Å². The maximum Gasteiger partial charge on any atom is 0.264 e. The van der Waals surface area contributed by atoms with Gasteiger partial charge >= 0.3 is 0 Å². The van der Waals surface area contributed by atoms with Gasteiger partial charge in [-0.05, 0) is 18.6 Å². The minimum absolute atomic E-state index is 0.0578. The number of carbonyl (C=O) groups excluding carboxylic acids is 2. The molecule has 0 aliphatic carbocycles. The Hall–Kier alpha value is -2.15. The van der Waals surface area contributed by atoms with Crippen LogP contribution in [0.3, 0.4) is 0 Å². The van der Waals surface area contributed by atoms with Crippen LogP contribution < -0.4 is 5.32 Å². The molecule has 0 bridgehead atoms. The molecule has 2 heterocycles. The van der Waals surface area contributed by atoms with Crippen LogP contribution in [0.15, 0.2) is 18.5 Å². The van der Waals surface area contributed by atoms with Crippen molar-refractivity contribution in [1.82, 2.24) is 14.7 Å². The van der Waals surface area contributed by atoms with Gasteiger partial charge in [0, 0.05) is 37.8 Å². The highest BCUT2D eigenvalue weighted by molar-refractivity contribution is 7.18. The quantitative estimate of drug-likeness (QED) is 0.923. The number of hydrogen-bond acceptors (Lipinski definition) is 4. The first kappa shape index (κ1) is 18.2. The number of thiophene rings is 1. The Morgan fingerprint density at radius 1 is 1.38 bits per heavy atom. The lowest BCUT2D eigenvalue weighted by molar-refractivity contribution is -0.123. The fourth-order valence-electron chi connectivity index (χ4n) is 2.13. The Kier molecular flexibility index (Phi) is 5.13. The summed E-state index contributed by atoms with van der Waals surface area (Å²) in [5, 5.41) is 7.70. The summed E-state index contributed by atoms with van der Waals surface area (Å²) in [6.45, 7) is 7.95. The third kappa shape index (κ3) is 4.23. The average molecular weight is 348 g/mol. The molecule has 0 saturated heterocycles. The molecule has 0 radical (unpaired) electrons. The van der Waals surface area contributed by atoms with Gasteiger partial charge in [0.1, 0.15) is 0 Å². The number of amides is 2. The van der Waals surface area contributed by atoms with E-state index in [9.17, 15) is 9.59 Å². The van der Waals surface area contributed by atoms with Crippen molar-refractivity contribution in [3.05, 3.63) is 34.5 Å². The summed E-state index contributed by atoms with van der Waals surface area (Å²) < 4.78 is 1.71. The molecule has 0 atom stereocenters. The van der Waals surface area contributed by atoms with Gasteiger partial charge in [-0.15, -0.1) is 11.3 Å². The van der Waals surface area contributed by atoms with E-state index in [0.29, 0.717) is 16.4 Å². The molecule has 2 aromatic heterocycles. The van der Waals surface area contributed by atoms with Crippen molar-refractivity contribution in [2.24, 2.45) is 12.5 Å². The Morgan fingerprint density at radius 3 is 2.58 bits per heavy atom. The number of nitrogens with one attached hydrogen (secondary N) is 1. The number of carbonyl (C=O) groups is 2. The molecular weight excluding hydrogens is 324 g/mol. The molecule has 0 aliphatic rings. The van der Waals surface area contributed by atoms with Gasteiger partial charge in [-0.25, -0.2) is 0 Å². The van der Waals surface area contributed by atoms with Crippen molar-refractivity contribution >= 4 is 28.2 Å². The predicted octanol–water partition coefficient (Wildman–Crippen LogP) is 3.05. The minimum Gasteiger partial charge on any atom is -0.337 e. The summed E-state index contributed by atoms with van der Waals surface area (Å²) in [6, 6.07) is 1.85. The van der Waals surface area contributed by atoms with Gasteiger partial charge in [-0.2, -0.15) is 5.10 Å². The van der Waals surface area contributed by atoms with E-state index in [4.69, 9.17) is 0 Å². The van der Waals surface area contributed by atoms with Crippen LogP contribution in [0, 0.1) is 12.3 Å². The Balaban J connectivity index is 2.11. The molecule has 0 saturated carbocycles. The van der Waals surface area contributed by atoms with Crippen molar-refractivity contribution in [3.63, 3.8) is 0 Å². The van der Waals surface area contributed by atoms with E-state index in [0.717, 1.165) is 11.1 Å². The second kappa shape index (κ2) is 6.76. The number of anilines is 1. The van der Waals surface area contributed by atoms with Crippen LogP contribution in [-0.2, 0) is 18.4 Å². The SMILES string of the molecule is Cc1cc(NC(=O)C(C)(C)C)sc1C(=O)N(C)Cc1cnn(C)c1. The van der Waals surface area contributed by atoms with E-state index >= 15 is 0 Å². The Labute approximate surface area is 146 Å². The van der Waals surface area contributed by atoms with E-state index in [1.807, 2.05) is 47.0 Å². The first-order valence-electron chi connectivity index (χ1n) is 7.73. The zero-order chi connectivity index (χ0) is 18.1. The smallest absolute Gasteiger partial charge is 0.264 e. The van der Waals surface area contributed by atoms with E-state index in [-0.39, 0.29) is 11.8 Å². The minimum atomic E-state index is -0.473. The third-order valence-electron chi connectivity index (χ3n) is 3.55. The van der Waals surface area contributed by atoms with Gasteiger partial charge in [0.25, 0.3) is 5.91 Å². The molecule has 0 aliphatic heterocycles. The first-order valence-corrected chi connectivity index (χ1v) is 8.54. The number of aryl methyl sites for hydroxylation is 2. The van der Waals surface area contributed by atoms with Crippen LogP contribution in [0.4, 0.5) is 5.00 Å². The molecule has 7 heteroatoms. The first-order chi connectivity index (χ1) is 11.1. The monoisotopic (exact) mass is 348 g/mol. The summed E-state index contributed by atoms with van der Waals surface area (Å²) in [6.07, 6.45) is 3.64. The lowest BCUT2D eigenvalue weighted by Crippen LogP contribution is -2.27. The van der Waals surface area contributed by atoms with Gasteiger partial charge < -0.3 is 10.2 Å². The maximum atomic E-state index is 12.7. The summed E-state index contributed by atoms with van der Waals surface area (Å²) in [7, 11) is 3.61. The summed E-state index contributed by atoms with van der Waals surface area (Å²) in [4.78, 5) is 27.1. The largest absolute Gasteiger partial charge is 0.337 e. The fourth-order valence-corrected chi connectivity index (χ4v) is 3.19. The Bertz CT molecular complexity index is 755. The van der Waals surface area contributed by atoms with Gasteiger partial charge in [0.15, 0.2) is 0 Å². The molecule has 0 spiro atoms. The zero-order valence-electron chi connectivity index (χ0n) is 15.0. The van der Waals surface area contributed by atoms with E-state index in [1.165, 1.54) is 11.3 Å². The highest BCUT2D eigenvalue weighted by Gasteiger charge is 2.24. The van der Waals surface area contributed by atoms with Crippen molar-refractivity contribution in [1.29, 1.82) is 0 Å². The van der Waals surface area contributed by atoms with Gasteiger partial charge in [0.05, 0.1) is 16.1 Å². The highest BCUT2D eigenvalue weighted by atomic mass is 32.1. The fraction of sp³-hybridized carbons (Fsp3) is 0.471. The van der Waals surface area contributed by atoms with Crippen molar-refractivity contribution < 1.29 is 9.59 Å². The number of rotatable bonds is 4. The van der Waals surface area contributed by atoms with Crippen LogP contribution in [0.5, 0.6) is 0 Å². The molecule has 6 nitrogen and oxygen atoms in total.